The Morgan fingerprint density at radius 2 is 1.77 bits per heavy atom. The number of hydrogen-bond donors (Lipinski definition) is 0. The van der Waals surface area contributed by atoms with E-state index in [4.69, 9.17) is 18.9 Å². The Morgan fingerprint density at radius 3 is 2.58 bits per heavy atom. The maximum Gasteiger partial charge on any atom is 0.343 e. The van der Waals surface area contributed by atoms with Gasteiger partial charge >= 0.3 is 5.97 Å². The average Bonchev–Trinajstić information content (AvgIpc) is 3.33. The van der Waals surface area contributed by atoms with Gasteiger partial charge in [-0.05, 0) is 60.5 Å². The first kappa shape index (κ1) is 19.4. The molecule has 2 aliphatic heterocycles. The molecular formula is C24H15BrO6. The predicted molar refractivity (Wildman–Crippen MR) is 116 cm³/mol. The van der Waals surface area contributed by atoms with E-state index in [9.17, 15) is 9.59 Å². The van der Waals surface area contributed by atoms with Crippen molar-refractivity contribution in [2.75, 3.05) is 6.79 Å². The minimum atomic E-state index is -0.549. The molecule has 0 radical (unpaired) electrons. The highest BCUT2D eigenvalue weighted by Gasteiger charge is 2.30. The van der Waals surface area contributed by atoms with Crippen LogP contribution in [-0.4, -0.2) is 18.5 Å². The third kappa shape index (κ3) is 3.68. The first-order valence-electron chi connectivity index (χ1n) is 9.44. The zero-order chi connectivity index (χ0) is 21.5. The summed E-state index contributed by atoms with van der Waals surface area (Å²) in [6.07, 6.45) is 1.69. The van der Waals surface area contributed by atoms with Gasteiger partial charge in [-0.2, -0.15) is 0 Å². The van der Waals surface area contributed by atoms with Gasteiger partial charge in [0.25, 0.3) is 0 Å². The minimum Gasteiger partial charge on any atom is -0.454 e. The van der Waals surface area contributed by atoms with Crippen molar-refractivity contribution in [2.24, 2.45) is 0 Å². The smallest absolute Gasteiger partial charge is 0.343 e. The van der Waals surface area contributed by atoms with Crippen LogP contribution in [0.1, 0.15) is 31.8 Å². The van der Waals surface area contributed by atoms with Crippen molar-refractivity contribution in [2.45, 2.75) is 6.92 Å². The summed E-state index contributed by atoms with van der Waals surface area (Å²) in [6, 6.07) is 15.6. The number of ether oxygens (including phenoxy) is 4. The van der Waals surface area contributed by atoms with Gasteiger partial charge in [-0.25, -0.2) is 4.79 Å². The Hall–Kier alpha value is -3.58. The van der Waals surface area contributed by atoms with Crippen molar-refractivity contribution in [1.82, 2.24) is 0 Å². The topological polar surface area (TPSA) is 71.1 Å². The van der Waals surface area contributed by atoms with Crippen LogP contribution >= 0.6 is 15.9 Å². The van der Waals surface area contributed by atoms with Crippen LogP contribution in [0.15, 0.2) is 64.8 Å². The molecule has 3 aromatic carbocycles. The van der Waals surface area contributed by atoms with Gasteiger partial charge in [0.05, 0.1) is 11.1 Å². The SMILES string of the molecule is Cc1cc(OC(=O)c2ccc3c(c2)OCO3)cc2c1C(=O)/C(=C/c1ccc(Br)cc1)O2. The largest absolute Gasteiger partial charge is 0.454 e. The molecule has 2 aliphatic rings. The Bertz CT molecular complexity index is 1260. The van der Waals surface area contributed by atoms with Gasteiger partial charge in [-0.15, -0.1) is 0 Å². The lowest BCUT2D eigenvalue weighted by atomic mass is 10.0. The van der Waals surface area contributed by atoms with E-state index in [0.29, 0.717) is 33.9 Å². The molecule has 7 heteroatoms. The molecular weight excluding hydrogens is 464 g/mol. The van der Waals surface area contributed by atoms with Crippen LogP contribution in [0.25, 0.3) is 6.08 Å². The van der Waals surface area contributed by atoms with Crippen LogP contribution in [0.3, 0.4) is 0 Å². The van der Waals surface area contributed by atoms with Gasteiger partial charge in [-0.1, -0.05) is 28.1 Å². The van der Waals surface area contributed by atoms with Crippen molar-refractivity contribution in [3.63, 3.8) is 0 Å². The van der Waals surface area contributed by atoms with E-state index in [1.165, 1.54) is 0 Å². The molecule has 31 heavy (non-hydrogen) atoms. The predicted octanol–water partition coefficient (Wildman–Crippen LogP) is 5.32. The molecule has 0 spiro atoms. The standard InChI is InChI=1S/C24H15BrO6/c1-13-8-17(30-24(27)15-4-7-18-19(10-15)29-12-28-18)11-20-22(13)23(26)21(31-20)9-14-2-5-16(25)6-3-14/h2-11H,12H2,1H3/b21-9-. The van der Waals surface area contributed by atoms with Crippen LogP contribution in [0.5, 0.6) is 23.0 Å². The highest BCUT2D eigenvalue weighted by Crippen LogP contribution is 2.38. The molecule has 0 aromatic heterocycles. The van der Waals surface area contributed by atoms with Crippen LogP contribution in [-0.2, 0) is 0 Å². The maximum atomic E-state index is 12.8. The summed E-state index contributed by atoms with van der Waals surface area (Å²) < 4.78 is 22.8. The number of esters is 1. The number of Topliss-reactive ketones (excluding diaryl/α,β-unsaturated/α-hetero) is 1. The van der Waals surface area contributed by atoms with Crippen molar-refractivity contribution in [1.29, 1.82) is 0 Å². The first-order valence-corrected chi connectivity index (χ1v) is 10.2. The number of carbonyl (C=O) groups excluding carboxylic acids is 2. The van der Waals surface area contributed by atoms with Gasteiger partial charge in [0.1, 0.15) is 11.5 Å². The molecule has 0 bridgehead atoms. The van der Waals surface area contributed by atoms with Crippen molar-refractivity contribution < 1.29 is 28.5 Å². The number of hydrogen-bond acceptors (Lipinski definition) is 6. The molecule has 2 heterocycles. The van der Waals surface area contributed by atoms with E-state index in [2.05, 4.69) is 15.9 Å². The van der Waals surface area contributed by atoms with Gasteiger partial charge in [0.15, 0.2) is 17.3 Å². The zero-order valence-electron chi connectivity index (χ0n) is 16.3. The number of ketones is 1. The molecule has 0 fully saturated rings. The summed E-state index contributed by atoms with van der Waals surface area (Å²) in [5.41, 5.74) is 2.29. The molecule has 0 saturated carbocycles. The van der Waals surface area contributed by atoms with E-state index in [1.54, 1.807) is 43.3 Å². The number of aryl methyl sites for hydroxylation is 1. The Balaban J connectivity index is 1.39. The third-order valence-electron chi connectivity index (χ3n) is 4.93. The molecule has 6 nitrogen and oxygen atoms in total. The minimum absolute atomic E-state index is 0.124. The number of halogens is 1. The molecule has 3 aromatic rings. The molecule has 0 aliphatic carbocycles. The normalized spacial score (nSPS) is 15.0. The highest BCUT2D eigenvalue weighted by molar-refractivity contribution is 9.10. The second-order valence-corrected chi connectivity index (χ2v) is 7.98. The monoisotopic (exact) mass is 478 g/mol. The molecule has 0 unspecified atom stereocenters. The van der Waals surface area contributed by atoms with Crippen molar-refractivity contribution in [3.8, 4) is 23.0 Å². The van der Waals surface area contributed by atoms with Gasteiger partial charge in [0, 0.05) is 10.5 Å². The summed E-state index contributed by atoms with van der Waals surface area (Å²) in [5.74, 6) is 1.20. The number of fused-ring (bicyclic) bond motifs is 2. The highest BCUT2D eigenvalue weighted by atomic mass is 79.9. The lowest BCUT2D eigenvalue weighted by molar-refractivity contribution is 0.0734. The lowest BCUT2D eigenvalue weighted by Gasteiger charge is -2.08. The molecule has 0 atom stereocenters. The summed E-state index contributed by atoms with van der Waals surface area (Å²) in [4.78, 5) is 25.4. The van der Waals surface area contributed by atoms with E-state index in [-0.39, 0.29) is 24.1 Å². The Labute approximate surface area is 186 Å². The van der Waals surface area contributed by atoms with E-state index >= 15 is 0 Å². The lowest BCUT2D eigenvalue weighted by Crippen LogP contribution is -2.08. The summed E-state index contributed by atoms with van der Waals surface area (Å²) in [7, 11) is 0. The molecule has 0 saturated heterocycles. The van der Waals surface area contributed by atoms with Crippen molar-refractivity contribution >= 4 is 33.8 Å². The molecule has 0 N–H and O–H groups in total. The fraction of sp³-hybridized carbons (Fsp3) is 0.0833. The summed E-state index contributed by atoms with van der Waals surface area (Å²) in [5, 5.41) is 0. The fourth-order valence-electron chi connectivity index (χ4n) is 3.44. The van der Waals surface area contributed by atoms with Gasteiger partial charge in [0.2, 0.25) is 12.6 Å². The van der Waals surface area contributed by atoms with Crippen LogP contribution in [0.4, 0.5) is 0 Å². The fourth-order valence-corrected chi connectivity index (χ4v) is 3.70. The van der Waals surface area contributed by atoms with Crippen molar-refractivity contribution in [3.05, 3.63) is 87.1 Å². The summed E-state index contributed by atoms with van der Waals surface area (Å²) >= 11 is 3.39. The first-order chi connectivity index (χ1) is 15.0. The maximum absolute atomic E-state index is 12.8. The second-order valence-electron chi connectivity index (χ2n) is 7.06. The van der Waals surface area contributed by atoms with E-state index in [1.807, 2.05) is 24.3 Å². The van der Waals surface area contributed by atoms with Crippen LogP contribution in [0.2, 0.25) is 0 Å². The van der Waals surface area contributed by atoms with Gasteiger partial charge < -0.3 is 18.9 Å². The molecule has 0 amide bonds. The van der Waals surface area contributed by atoms with E-state index < -0.39 is 5.97 Å². The molecule has 154 valence electrons. The number of benzene rings is 3. The summed E-state index contributed by atoms with van der Waals surface area (Å²) in [6.45, 7) is 1.90. The Morgan fingerprint density at radius 1 is 1.00 bits per heavy atom. The van der Waals surface area contributed by atoms with Crippen LogP contribution in [0, 0.1) is 6.92 Å². The number of carbonyl (C=O) groups is 2. The number of rotatable bonds is 3. The van der Waals surface area contributed by atoms with Gasteiger partial charge in [-0.3, -0.25) is 4.79 Å². The van der Waals surface area contributed by atoms with Crippen LogP contribution < -0.4 is 18.9 Å². The van der Waals surface area contributed by atoms with E-state index in [0.717, 1.165) is 10.0 Å². The number of allylic oxidation sites excluding steroid dienone is 1. The third-order valence-corrected chi connectivity index (χ3v) is 5.46. The second kappa shape index (κ2) is 7.59. The quantitative estimate of drug-likeness (QED) is 0.288. The molecule has 5 rings (SSSR count). The average molecular weight is 479 g/mol. The Kier molecular flexibility index (Phi) is 4.75. The zero-order valence-corrected chi connectivity index (χ0v) is 17.9.